The summed E-state index contributed by atoms with van der Waals surface area (Å²) in [6, 6.07) is 32.5. The molecule has 0 saturated heterocycles. The zero-order valence-electron chi connectivity index (χ0n) is 17.8. The monoisotopic (exact) mass is 427 g/mol. The number of ether oxygens (including phenoxy) is 1. The van der Waals surface area contributed by atoms with Gasteiger partial charge in [0.25, 0.3) is 0 Å². The van der Waals surface area contributed by atoms with Gasteiger partial charge in [0.05, 0.1) is 12.8 Å². The topological polar surface area (TPSA) is 26.3 Å². The zero-order chi connectivity index (χ0) is 21.8. The molecule has 0 amide bonds. The highest BCUT2D eigenvalue weighted by atomic mass is 31.2. The third-order valence-corrected chi connectivity index (χ3v) is 9.26. The molecule has 0 N–H and O–H groups in total. The molecule has 31 heavy (non-hydrogen) atoms. The van der Waals surface area contributed by atoms with Crippen LogP contribution in [-0.4, -0.2) is 18.7 Å². The summed E-state index contributed by atoms with van der Waals surface area (Å²) in [5.74, 6) is -0.321. The summed E-state index contributed by atoms with van der Waals surface area (Å²) in [4.78, 5) is 11.4. The van der Waals surface area contributed by atoms with Crippen LogP contribution in [0, 0.1) is 0 Å². The van der Waals surface area contributed by atoms with Crippen molar-refractivity contribution in [2.45, 2.75) is 6.92 Å². The van der Waals surface area contributed by atoms with E-state index in [4.69, 9.17) is 4.74 Å². The van der Waals surface area contributed by atoms with Crippen molar-refractivity contribution in [3.8, 4) is 0 Å². The highest BCUT2D eigenvalue weighted by Gasteiger charge is 2.43. The number of esters is 1. The van der Waals surface area contributed by atoms with Crippen molar-refractivity contribution in [1.29, 1.82) is 0 Å². The summed E-state index contributed by atoms with van der Waals surface area (Å²) in [6.45, 7) is 2.18. The largest absolute Gasteiger partial charge is 0.463 e. The predicted molar refractivity (Wildman–Crippen MR) is 134 cm³/mol. The second kappa shape index (κ2) is 11.8. The fraction of sp³-hybridized carbons (Fsp3) is 0.107. The molecule has 0 saturated carbocycles. The Balaban J connectivity index is 1.94. The molecule has 2 nitrogen and oxygen atoms in total. The van der Waals surface area contributed by atoms with E-state index in [0.29, 0.717) is 6.61 Å². The van der Waals surface area contributed by atoms with E-state index < -0.39 is 7.26 Å². The summed E-state index contributed by atoms with van der Waals surface area (Å²) < 4.78 is 4.89. The van der Waals surface area contributed by atoms with E-state index in [2.05, 4.69) is 103 Å². The van der Waals surface area contributed by atoms with Crippen LogP contribution >= 0.6 is 7.26 Å². The van der Waals surface area contributed by atoms with Crippen molar-refractivity contribution in [2.24, 2.45) is 0 Å². The van der Waals surface area contributed by atoms with E-state index >= 15 is 0 Å². The Morgan fingerprint density at radius 1 is 0.710 bits per heavy atom. The molecule has 0 heterocycles. The summed E-state index contributed by atoms with van der Waals surface area (Å²) in [6.07, 6.45) is 12.1. The van der Waals surface area contributed by atoms with Gasteiger partial charge in [-0.05, 0) is 49.4 Å². The fourth-order valence-electron chi connectivity index (χ4n) is 3.56. The van der Waals surface area contributed by atoms with Crippen molar-refractivity contribution < 1.29 is 9.53 Å². The Kier molecular flexibility index (Phi) is 8.58. The molecular formula is C28H28O2P+. The van der Waals surface area contributed by atoms with Gasteiger partial charge in [0.1, 0.15) is 23.2 Å². The van der Waals surface area contributed by atoms with Gasteiger partial charge in [-0.1, -0.05) is 78.9 Å². The normalized spacial score (nSPS) is 12.0. The molecule has 0 spiro atoms. The minimum absolute atomic E-state index is 0.321. The van der Waals surface area contributed by atoms with Gasteiger partial charge in [-0.3, -0.25) is 0 Å². The standard InChI is InChI=1S/C28H28O2P/c1-2-30-28(29)23-15-4-3-5-16-24-31(25-17-9-6-10-18-25,26-19-11-7-12-20-26)27-21-13-8-14-22-27/h3-23H,2,24H2,1H3/q+1. The number of rotatable bonds is 9. The Bertz CT molecular complexity index is 926. The second-order valence-corrected chi connectivity index (χ2v) is 10.5. The number of hydrogen-bond donors (Lipinski definition) is 0. The van der Waals surface area contributed by atoms with Crippen LogP contribution < -0.4 is 15.9 Å². The van der Waals surface area contributed by atoms with Crippen LogP contribution in [-0.2, 0) is 9.53 Å². The SMILES string of the molecule is CCOC(=O)C=CC=CC=CC[P+](c1ccccc1)(c1ccccc1)c1ccccc1. The molecule has 0 radical (unpaired) electrons. The molecule has 0 aliphatic carbocycles. The Hall–Kier alpha value is -3.22. The van der Waals surface area contributed by atoms with Crippen LogP contribution in [0.3, 0.4) is 0 Å². The first-order chi connectivity index (χ1) is 15.3. The van der Waals surface area contributed by atoms with Gasteiger partial charge in [0.15, 0.2) is 0 Å². The number of hydrogen-bond acceptors (Lipinski definition) is 2. The third kappa shape index (κ3) is 5.90. The first-order valence-electron chi connectivity index (χ1n) is 10.5. The molecule has 0 aliphatic rings. The second-order valence-electron chi connectivity index (χ2n) is 6.92. The lowest BCUT2D eigenvalue weighted by Crippen LogP contribution is -2.32. The van der Waals surface area contributed by atoms with Crippen LogP contribution in [0.5, 0.6) is 0 Å². The van der Waals surface area contributed by atoms with E-state index in [1.807, 2.05) is 12.2 Å². The highest BCUT2D eigenvalue weighted by molar-refractivity contribution is 7.95. The summed E-state index contributed by atoms with van der Waals surface area (Å²) in [5, 5.41) is 4.09. The maximum absolute atomic E-state index is 11.4. The minimum Gasteiger partial charge on any atom is -0.463 e. The predicted octanol–water partition coefficient (Wildman–Crippen LogP) is 5.21. The maximum Gasteiger partial charge on any atom is 0.330 e. The Labute approximate surface area is 185 Å². The summed E-state index contributed by atoms with van der Waals surface area (Å²) >= 11 is 0. The number of allylic oxidation sites excluding steroid dienone is 5. The zero-order valence-corrected chi connectivity index (χ0v) is 18.7. The number of benzene rings is 3. The fourth-order valence-corrected chi connectivity index (χ4v) is 7.57. The molecule has 0 atom stereocenters. The van der Waals surface area contributed by atoms with E-state index in [9.17, 15) is 4.79 Å². The molecule has 156 valence electrons. The van der Waals surface area contributed by atoms with Crippen molar-refractivity contribution in [3.63, 3.8) is 0 Å². The molecule has 0 unspecified atom stereocenters. The van der Waals surface area contributed by atoms with E-state index in [1.54, 1.807) is 13.0 Å². The first kappa shape index (κ1) is 22.5. The van der Waals surface area contributed by atoms with Gasteiger partial charge in [-0.2, -0.15) is 0 Å². The Morgan fingerprint density at radius 2 is 1.16 bits per heavy atom. The molecular weight excluding hydrogens is 399 g/mol. The lowest BCUT2D eigenvalue weighted by atomic mass is 10.3. The quantitative estimate of drug-likeness (QED) is 0.203. The van der Waals surface area contributed by atoms with Crippen LogP contribution in [0.2, 0.25) is 0 Å². The smallest absolute Gasteiger partial charge is 0.330 e. The van der Waals surface area contributed by atoms with Crippen molar-refractivity contribution in [3.05, 3.63) is 127 Å². The van der Waals surface area contributed by atoms with Gasteiger partial charge < -0.3 is 4.74 Å². The van der Waals surface area contributed by atoms with Crippen LogP contribution in [0.15, 0.2) is 127 Å². The number of carbonyl (C=O) groups is 1. The molecule has 0 fully saturated rings. The van der Waals surface area contributed by atoms with Gasteiger partial charge in [0.2, 0.25) is 0 Å². The van der Waals surface area contributed by atoms with E-state index in [-0.39, 0.29) is 5.97 Å². The molecule has 0 aliphatic heterocycles. The summed E-state index contributed by atoms with van der Waals surface area (Å²) in [5.41, 5.74) is 0. The van der Waals surface area contributed by atoms with Crippen LogP contribution in [0.4, 0.5) is 0 Å². The average Bonchev–Trinajstić information content (AvgIpc) is 2.83. The van der Waals surface area contributed by atoms with Crippen LogP contribution in [0.1, 0.15) is 6.92 Å². The maximum atomic E-state index is 11.4. The minimum atomic E-state index is -1.85. The lowest BCUT2D eigenvalue weighted by molar-refractivity contribution is -0.137. The highest BCUT2D eigenvalue weighted by Crippen LogP contribution is 2.55. The third-order valence-electron chi connectivity index (χ3n) is 4.96. The molecule has 3 heteroatoms. The molecule has 0 bridgehead atoms. The van der Waals surface area contributed by atoms with Gasteiger partial charge in [-0.25, -0.2) is 4.79 Å². The lowest BCUT2D eigenvalue weighted by Gasteiger charge is -2.26. The van der Waals surface area contributed by atoms with Crippen molar-refractivity contribution >= 4 is 29.1 Å². The van der Waals surface area contributed by atoms with Gasteiger partial charge >= 0.3 is 5.97 Å². The van der Waals surface area contributed by atoms with Crippen molar-refractivity contribution in [2.75, 3.05) is 12.8 Å². The average molecular weight is 428 g/mol. The van der Waals surface area contributed by atoms with Crippen molar-refractivity contribution in [1.82, 2.24) is 0 Å². The first-order valence-corrected chi connectivity index (χ1v) is 12.5. The van der Waals surface area contributed by atoms with Crippen LogP contribution in [0.25, 0.3) is 0 Å². The van der Waals surface area contributed by atoms with E-state index in [0.717, 1.165) is 6.16 Å². The van der Waals surface area contributed by atoms with E-state index in [1.165, 1.54) is 22.0 Å². The van der Waals surface area contributed by atoms with Gasteiger partial charge in [-0.15, -0.1) is 0 Å². The van der Waals surface area contributed by atoms with Gasteiger partial charge in [0, 0.05) is 6.08 Å². The number of carbonyl (C=O) groups excluding carboxylic acids is 1. The molecule has 0 aromatic heterocycles. The molecule has 3 aromatic rings. The summed E-state index contributed by atoms with van der Waals surface area (Å²) in [7, 11) is -1.85. The molecule has 3 aromatic carbocycles. The Morgan fingerprint density at radius 3 is 1.61 bits per heavy atom. The molecule has 3 rings (SSSR count).